The smallest absolute Gasteiger partial charge is 0.264 e. The monoisotopic (exact) mass is 582 g/mol. The van der Waals surface area contributed by atoms with Gasteiger partial charge < -0.3 is 14.8 Å². The van der Waals surface area contributed by atoms with Crippen LogP contribution in [0.5, 0.6) is 11.5 Å². The number of halogens is 1. The lowest BCUT2D eigenvalue weighted by Crippen LogP contribution is -2.38. The van der Waals surface area contributed by atoms with Crippen LogP contribution in [-0.2, 0) is 20.6 Å². The summed E-state index contributed by atoms with van der Waals surface area (Å²) in [7, 11) is -1.24. The van der Waals surface area contributed by atoms with Gasteiger partial charge >= 0.3 is 0 Å². The van der Waals surface area contributed by atoms with Gasteiger partial charge in [-0.1, -0.05) is 54.1 Å². The fraction of sp³-hybridized carbons (Fsp3) is 0.138. The number of amides is 1. The second-order valence-corrected chi connectivity index (χ2v) is 11.6. The lowest BCUT2D eigenvalue weighted by Gasteiger charge is -2.24. The molecule has 0 fully saturated rings. The van der Waals surface area contributed by atoms with Gasteiger partial charge in [0, 0.05) is 21.7 Å². The highest BCUT2D eigenvalue weighted by Gasteiger charge is 2.28. The summed E-state index contributed by atoms with van der Waals surface area (Å²) in [5, 5.41) is 3.56. The van der Waals surface area contributed by atoms with Crippen molar-refractivity contribution in [1.29, 1.82) is 0 Å². The minimum atomic E-state index is -4.14. The van der Waals surface area contributed by atoms with Gasteiger partial charge in [-0.25, -0.2) is 8.42 Å². The van der Waals surface area contributed by atoms with Gasteiger partial charge in [0.1, 0.15) is 6.54 Å². The minimum Gasteiger partial charge on any atom is -0.493 e. The highest BCUT2D eigenvalue weighted by atomic mass is 35.5. The van der Waals surface area contributed by atoms with E-state index >= 15 is 0 Å². The van der Waals surface area contributed by atoms with Crippen LogP contribution < -0.4 is 19.1 Å². The molecule has 7 nitrogen and oxygen atoms in total. The Morgan fingerprint density at radius 3 is 2.23 bits per heavy atom. The number of ether oxygens (including phenoxy) is 2. The van der Waals surface area contributed by atoms with Gasteiger partial charge in [0.15, 0.2) is 11.5 Å². The second kappa shape index (κ2) is 12.9. The third kappa shape index (κ3) is 7.06. The number of anilines is 2. The first kappa shape index (κ1) is 28.4. The third-order valence-electron chi connectivity index (χ3n) is 5.74. The molecule has 0 unspecified atom stereocenters. The number of hydrogen-bond acceptors (Lipinski definition) is 6. The zero-order chi connectivity index (χ0) is 27.8. The first-order valence-corrected chi connectivity index (χ1v) is 14.7. The van der Waals surface area contributed by atoms with Gasteiger partial charge in [-0.3, -0.25) is 9.10 Å². The number of carbonyl (C=O) groups excluding carboxylic acids is 1. The normalized spacial score (nSPS) is 11.1. The van der Waals surface area contributed by atoms with Crippen molar-refractivity contribution in [1.82, 2.24) is 0 Å². The predicted octanol–water partition coefficient (Wildman–Crippen LogP) is 6.48. The van der Waals surface area contributed by atoms with E-state index in [2.05, 4.69) is 5.32 Å². The van der Waals surface area contributed by atoms with Crippen LogP contribution in [0.3, 0.4) is 0 Å². The molecule has 1 N–H and O–H groups in total. The van der Waals surface area contributed by atoms with Crippen molar-refractivity contribution in [2.24, 2.45) is 0 Å². The number of para-hydroxylation sites is 2. The lowest BCUT2D eigenvalue weighted by molar-refractivity contribution is -0.114. The van der Waals surface area contributed by atoms with E-state index in [4.69, 9.17) is 21.1 Å². The van der Waals surface area contributed by atoms with Crippen LogP contribution in [0.25, 0.3) is 0 Å². The maximum absolute atomic E-state index is 13.8. The van der Waals surface area contributed by atoms with Crippen molar-refractivity contribution in [3.05, 3.63) is 108 Å². The average molecular weight is 583 g/mol. The standard InChI is InChI=1S/C29H27ClN2O5S2/c1-36-26-17-16-24(18-27(26)37-2)39(34,35)32(23-8-4-3-5-9-23)19-29(33)31-25-10-6-7-11-28(25)38-20-21-12-14-22(30)15-13-21/h3-18H,19-20H2,1-2H3,(H,31,33). The van der Waals surface area contributed by atoms with Crippen molar-refractivity contribution in [2.75, 3.05) is 30.4 Å². The molecule has 0 atom stereocenters. The molecule has 4 aromatic rings. The molecule has 0 spiro atoms. The molecule has 1 amide bonds. The Morgan fingerprint density at radius 1 is 0.872 bits per heavy atom. The molecule has 4 aromatic carbocycles. The summed E-state index contributed by atoms with van der Waals surface area (Å²) in [6.45, 7) is -0.434. The quantitative estimate of drug-likeness (QED) is 0.204. The first-order valence-electron chi connectivity index (χ1n) is 11.9. The van der Waals surface area contributed by atoms with E-state index in [1.165, 1.54) is 32.4 Å². The Morgan fingerprint density at radius 2 is 1.54 bits per heavy atom. The van der Waals surface area contributed by atoms with Crippen molar-refractivity contribution in [2.45, 2.75) is 15.5 Å². The SMILES string of the molecule is COc1ccc(S(=O)(=O)N(CC(=O)Nc2ccccc2SCc2ccc(Cl)cc2)c2ccccc2)cc1OC. The van der Waals surface area contributed by atoms with E-state index in [9.17, 15) is 13.2 Å². The zero-order valence-corrected chi connectivity index (χ0v) is 23.7. The molecule has 0 aliphatic heterocycles. The van der Waals surface area contributed by atoms with Gasteiger partial charge in [0.05, 0.1) is 30.5 Å². The largest absolute Gasteiger partial charge is 0.493 e. The maximum Gasteiger partial charge on any atom is 0.264 e. The number of methoxy groups -OCH3 is 2. The van der Waals surface area contributed by atoms with Crippen molar-refractivity contribution in [3.8, 4) is 11.5 Å². The number of nitrogens with one attached hydrogen (secondary N) is 1. The highest BCUT2D eigenvalue weighted by molar-refractivity contribution is 7.98. The van der Waals surface area contributed by atoms with Crippen LogP contribution in [0.15, 0.2) is 107 Å². The van der Waals surface area contributed by atoms with Crippen LogP contribution in [0.2, 0.25) is 5.02 Å². The van der Waals surface area contributed by atoms with Crippen molar-refractivity contribution < 1.29 is 22.7 Å². The Balaban J connectivity index is 1.57. The second-order valence-electron chi connectivity index (χ2n) is 8.32. The van der Waals surface area contributed by atoms with E-state index in [-0.39, 0.29) is 10.6 Å². The number of rotatable bonds is 11. The molecule has 0 saturated heterocycles. The molecule has 0 heterocycles. The summed E-state index contributed by atoms with van der Waals surface area (Å²) in [4.78, 5) is 14.1. The van der Waals surface area contributed by atoms with Crippen LogP contribution in [0, 0.1) is 0 Å². The van der Waals surface area contributed by atoms with E-state index in [1.54, 1.807) is 48.2 Å². The van der Waals surface area contributed by atoms with E-state index in [0.717, 1.165) is 14.8 Å². The lowest BCUT2D eigenvalue weighted by atomic mass is 10.2. The molecular weight excluding hydrogens is 556 g/mol. The summed E-state index contributed by atoms with van der Waals surface area (Å²) >= 11 is 7.54. The third-order valence-corrected chi connectivity index (χ3v) is 8.91. The number of thioether (sulfide) groups is 1. The Labute approximate surface area is 237 Å². The molecule has 39 heavy (non-hydrogen) atoms. The van der Waals surface area contributed by atoms with E-state index in [1.807, 2.05) is 42.5 Å². The first-order chi connectivity index (χ1) is 18.8. The number of sulfonamides is 1. The van der Waals surface area contributed by atoms with E-state index < -0.39 is 22.5 Å². The molecule has 0 radical (unpaired) electrons. The van der Waals surface area contributed by atoms with Crippen molar-refractivity contribution >= 4 is 50.7 Å². The fourth-order valence-corrected chi connectivity index (χ4v) is 6.30. The van der Waals surface area contributed by atoms with E-state index in [0.29, 0.717) is 27.9 Å². The molecule has 0 aliphatic carbocycles. The minimum absolute atomic E-state index is 0.0317. The van der Waals surface area contributed by atoms with Gasteiger partial charge in [0.25, 0.3) is 10.0 Å². The maximum atomic E-state index is 13.8. The molecule has 0 aromatic heterocycles. The van der Waals surface area contributed by atoms with Gasteiger partial charge in [-0.2, -0.15) is 0 Å². The number of nitrogens with zero attached hydrogens (tertiary/aromatic N) is 1. The summed E-state index contributed by atoms with van der Waals surface area (Å²) in [6, 6.07) is 27.8. The molecule has 4 rings (SSSR count). The van der Waals surface area contributed by atoms with Gasteiger partial charge in [-0.15, -0.1) is 11.8 Å². The average Bonchev–Trinajstić information content (AvgIpc) is 2.96. The molecule has 202 valence electrons. The van der Waals surface area contributed by atoms with Crippen LogP contribution >= 0.6 is 23.4 Å². The molecule has 0 bridgehead atoms. The summed E-state index contributed by atoms with van der Waals surface area (Å²) < 4.78 is 39.2. The number of hydrogen-bond donors (Lipinski definition) is 1. The Kier molecular flexibility index (Phi) is 9.40. The molecule has 10 heteroatoms. The highest BCUT2D eigenvalue weighted by Crippen LogP contribution is 2.33. The Bertz CT molecular complexity index is 1530. The number of carbonyl (C=O) groups is 1. The number of benzene rings is 4. The summed E-state index contributed by atoms with van der Waals surface area (Å²) in [6.07, 6.45) is 0. The molecule has 0 saturated carbocycles. The summed E-state index contributed by atoms with van der Waals surface area (Å²) in [5.41, 5.74) is 2.03. The topological polar surface area (TPSA) is 84.9 Å². The molecular formula is C29H27ClN2O5S2. The van der Waals surface area contributed by atoms with Crippen LogP contribution in [-0.4, -0.2) is 35.1 Å². The van der Waals surface area contributed by atoms with Gasteiger partial charge in [0.2, 0.25) is 5.91 Å². The van der Waals surface area contributed by atoms with Crippen molar-refractivity contribution in [3.63, 3.8) is 0 Å². The Hall–Kier alpha value is -3.66. The summed E-state index contributed by atoms with van der Waals surface area (Å²) in [5.74, 6) is 0.853. The molecule has 0 aliphatic rings. The predicted molar refractivity (Wildman–Crippen MR) is 157 cm³/mol. The zero-order valence-electron chi connectivity index (χ0n) is 21.3. The van der Waals surface area contributed by atoms with Crippen LogP contribution in [0.4, 0.5) is 11.4 Å². The van der Waals surface area contributed by atoms with Crippen LogP contribution in [0.1, 0.15) is 5.56 Å². The van der Waals surface area contributed by atoms with Gasteiger partial charge in [-0.05, 0) is 54.1 Å². The fourth-order valence-electron chi connectivity index (χ4n) is 3.77.